The van der Waals surface area contributed by atoms with Crippen LogP contribution in [-0.2, 0) is 4.79 Å². The average molecular weight is 320 g/mol. The van der Waals surface area contributed by atoms with Gasteiger partial charge in [0.05, 0.1) is 18.1 Å². The maximum absolute atomic E-state index is 12.3. The molecule has 0 aromatic carbocycles. The number of nitrogens with one attached hydrogen (secondary N) is 1. The molecule has 0 bridgehead atoms. The van der Waals surface area contributed by atoms with Crippen molar-refractivity contribution in [1.82, 2.24) is 14.8 Å². The Morgan fingerprint density at radius 3 is 2.82 bits per heavy atom. The van der Waals surface area contributed by atoms with Gasteiger partial charge in [-0.1, -0.05) is 11.6 Å². The Bertz CT molecular complexity index is 668. The lowest BCUT2D eigenvalue weighted by Crippen LogP contribution is -2.30. The maximum Gasteiger partial charge on any atom is 0.227 e. The average Bonchev–Trinajstić information content (AvgIpc) is 2.89. The Balaban J connectivity index is 2.25. The van der Waals surface area contributed by atoms with E-state index < -0.39 is 0 Å². The highest BCUT2D eigenvalue weighted by molar-refractivity contribution is 6.32. The third kappa shape index (κ3) is 3.71. The minimum atomic E-state index is -0.0678. The fraction of sp³-hybridized carbons (Fsp3) is 0.333. The fourth-order valence-corrected chi connectivity index (χ4v) is 2.29. The Labute approximate surface area is 134 Å². The molecule has 0 saturated carbocycles. The normalized spacial score (nSPS) is 10.5. The lowest BCUT2D eigenvalue weighted by atomic mass is 10.2. The monoisotopic (exact) mass is 319 g/mol. The first-order valence-electron chi connectivity index (χ1n) is 7.03. The summed E-state index contributed by atoms with van der Waals surface area (Å²) < 4.78 is 1.60. The molecule has 6 nitrogen and oxygen atoms in total. The first-order valence-corrected chi connectivity index (χ1v) is 7.40. The molecule has 0 aliphatic carbocycles. The number of amides is 1. The number of aromatic nitrogens is 3. The molecule has 7 heteroatoms. The second kappa shape index (κ2) is 7.17. The fourth-order valence-electron chi connectivity index (χ4n) is 2.06. The number of halogens is 1. The highest BCUT2D eigenvalue weighted by Gasteiger charge is 2.20. The van der Waals surface area contributed by atoms with Crippen LogP contribution in [0.1, 0.15) is 26.7 Å². The van der Waals surface area contributed by atoms with Gasteiger partial charge in [0.2, 0.25) is 5.91 Å². The molecule has 0 unspecified atom stereocenters. The van der Waals surface area contributed by atoms with Gasteiger partial charge in [-0.3, -0.25) is 9.78 Å². The zero-order valence-corrected chi connectivity index (χ0v) is 13.3. The van der Waals surface area contributed by atoms with Crippen LogP contribution in [0.2, 0.25) is 5.15 Å². The van der Waals surface area contributed by atoms with Crippen molar-refractivity contribution < 1.29 is 4.79 Å². The third-order valence-electron chi connectivity index (χ3n) is 3.18. The number of carbonyl (C=O) groups is 1. The summed E-state index contributed by atoms with van der Waals surface area (Å²) in [4.78, 5) is 17.9. The summed E-state index contributed by atoms with van der Waals surface area (Å²) >= 11 is 6.19. The van der Waals surface area contributed by atoms with Crippen molar-refractivity contribution in [3.05, 3.63) is 35.9 Å². The molecule has 2 aromatic heterocycles. The van der Waals surface area contributed by atoms with Crippen LogP contribution in [-0.4, -0.2) is 32.9 Å². The Kier molecular flexibility index (Phi) is 5.27. The van der Waals surface area contributed by atoms with Crippen LogP contribution in [0.3, 0.4) is 0 Å². The van der Waals surface area contributed by atoms with Gasteiger partial charge in [0.25, 0.3) is 0 Å². The SMILES string of the molecule is CCN(C(=O)CCC(C)=N)c1cn(-c2cccnc2)nc1Cl. The predicted octanol–water partition coefficient (Wildman–Crippen LogP) is 3.09. The number of pyridine rings is 1. The Morgan fingerprint density at radius 2 is 2.23 bits per heavy atom. The highest BCUT2D eigenvalue weighted by Crippen LogP contribution is 2.26. The van der Waals surface area contributed by atoms with Crippen LogP contribution in [0.25, 0.3) is 5.69 Å². The number of carbonyl (C=O) groups excluding carboxylic acids is 1. The van der Waals surface area contributed by atoms with E-state index in [4.69, 9.17) is 17.0 Å². The molecule has 0 aliphatic heterocycles. The van der Waals surface area contributed by atoms with Gasteiger partial charge < -0.3 is 10.3 Å². The van der Waals surface area contributed by atoms with Crippen LogP contribution < -0.4 is 4.90 Å². The van der Waals surface area contributed by atoms with Crippen LogP contribution in [0.5, 0.6) is 0 Å². The summed E-state index contributed by atoms with van der Waals surface area (Å²) in [5.41, 5.74) is 1.83. The molecule has 2 rings (SSSR count). The minimum Gasteiger partial charge on any atom is -0.310 e. The van der Waals surface area contributed by atoms with Crippen LogP contribution >= 0.6 is 11.6 Å². The number of rotatable bonds is 6. The van der Waals surface area contributed by atoms with Crippen molar-refractivity contribution in [3.63, 3.8) is 0 Å². The van der Waals surface area contributed by atoms with Crippen molar-refractivity contribution in [2.45, 2.75) is 26.7 Å². The van der Waals surface area contributed by atoms with Crippen molar-refractivity contribution >= 4 is 28.9 Å². The van der Waals surface area contributed by atoms with E-state index in [1.165, 1.54) is 0 Å². The van der Waals surface area contributed by atoms with E-state index in [-0.39, 0.29) is 17.5 Å². The van der Waals surface area contributed by atoms with Crippen LogP contribution in [0.15, 0.2) is 30.7 Å². The molecule has 0 aliphatic rings. The molecule has 1 N–H and O–H groups in total. The molecule has 0 atom stereocenters. The molecule has 2 aromatic rings. The van der Waals surface area contributed by atoms with Gasteiger partial charge in [0.1, 0.15) is 5.69 Å². The van der Waals surface area contributed by atoms with Gasteiger partial charge in [0, 0.05) is 24.9 Å². The largest absolute Gasteiger partial charge is 0.310 e. The zero-order valence-electron chi connectivity index (χ0n) is 12.6. The quantitative estimate of drug-likeness (QED) is 0.831. The number of nitrogens with zero attached hydrogens (tertiary/aromatic N) is 4. The summed E-state index contributed by atoms with van der Waals surface area (Å²) in [7, 11) is 0. The van der Waals surface area contributed by atoms with E-state index in [1.807, 2.05) is 13.0 Å². The van der Waals surface area contributed by atoms with Crippen molar-refractivity contribution in [1.29, 1.82) is 5.41 Å². The minimum absolute atomic E-state index is 0.0678. The zero-order chi connectivity index (χ0) is 16.1. The van der Waals surface area contributed by atoms with Crippen molar-refractivity contribution in [3.8, 4) is 5.69 Å². The molecule has 2 heterocycles. The lowest BCUT2D eigenvalue weighted by molar-refractivity contribution is -0.118. The molecule has 0 fully saturated rings. The Morgan fingerprint density at radius 1 is 1.45 bits per heavy atom. The standard InChI is InChI=1S/C15H18ClN5O/c1-3-20(14(22)7-6-11(2)17)13-10-21(19-15(13)16)12-5-4-8-18-9-12/h4-5,8-10,17H,3,6-7H2,1-2H3. The molecule has 116 valence electrons. The first kappa shape index (κ1) is 16.2. The van der Waals surface area contributed by atoms with Gasteiger partial charge in [0.15, 0.2) is 5.15 Å². The second-order valence-corrected chi connectivity index (χ2v) is 5.24. The van der Waals surface area contributed by atoms with Gasteiger partial charge in [-0.25, -0.2) is 4.68 Å². The van der Waals surface area contributed by atoms with Gasteiger partial charge in [-0.05, 0) is 32.4 Å². The molecule has 1 amide bonds. The first-order chi connectivity index (χ1) is 10.5. The van der Waals surface area contributed by atoms with Crippen molar-refractivity contribution in [2.24, 2.45) is 0 Å². The van der Waals surface area contributed by atoms with E-state index in [0.29, 0.717) is 24.4 Å². The van der Waals surface area contributed by atoms with E-state index in [0.717, 1.165) is 5.69 Å². The highest BCUT2D eigenvalue weighted by atomic mass is 35.5. The van der Waals surface area contributed by atoms with E-state index in [1.54, 1.807) is 41.2 Å². The van der Waals surface area contributed by atoms with Crippen LogP contribution in [0.4, 0.5) is 5.69 Å². The molecule has 0 radical (unpaired) electrons. The topological polar surface area (TPSA) is 74.9 Å². The molecule has 22 heavy (non-hydrogen) atoms. The summed E-state index contributed by atoms with van der Waals surface area (Å²) in [5, 5.41) is 11.9. The van der Waals surface area contributed by atoms with Gasteiger partial charge in [-0.15, -0.1) is 0 Å². The molecule has 0 saturated heterocycles. The molecular formula is C15H18ClN5O. The Hall–Kier alpha value is -2.21. The van der Waals surface area contributed by atoms with Gasteiger partial charge >= 0.3 is 0 Å². The van der Waals surface area contributed by atoms with E-state index in [9.17, 15) is 4.79 Å². The van der Waals surface area contributed by atoms with Gasteiger partial charge in [-0.2, -0.15) is 5.10 Å². The summed E-state index contributed by atoms with van der Waals surface area (Å²) in [6.07, 6.45) is 5.81. The molecular weight excluding hydrogens is 302 g/mol. The third-order valence-corrected chi connectivity index (χ3v) is 3.45. The predicted molar refractivity (Wildman–Crippen MR) is 87.0 cm³/mol. The van der Waals surface area contributed by atoms with Crippen LogP contribution in [0, 0.1) is 5.41 Å². The summed E-state index contributed by atoms with van der Waals surface area (Å²) in [6, 6.07) is 3.66. The lowest BCUT2D eigenvalue weighted by Gasteiger charge is -2.19. The van der Waals surface area contributed by atoms with E-state index >= 15 is 0 Å². The number of hydrogen-bond donors (Lipinski definition) is 1. The smallest absolute Gasteiger partial charge is 0.227 e. The second-order valence-electron chi connectivity index (χ2n) is 4.88. The summed E-state index contributed by atoms with van der Waals surface area (Å²) in [5.74, 6) is -0.0678. The number of hydrogen-bond acceptors (Lipinski definition) is 4. The maximum atomic E-state index is 12.3. The number of anilines is 1. The van der Waals surface area contributed by atoms with Crippen molar-refractivity contribution in [2.75, 3.05) is 11.4 Å². The van der Waals surface area contributed by atoms with E-state index in [2.05, 4.69) is 10.1 Å². The summed E-state index contributed by atoms with van der Waals surface area (Å²) in [6.45, 7) is 4.07. The molecule has 0 spiro atoms.